The fourth-order valence-corrected chi connectivity index (χ4v) is 2.68. The van der Waals surface area contributed by atoms with Gasteiger partial charge in [0.15, 0.2) is 0 Å². The van der Waals surface area contributed by atoms with E-state index < -0.39 is 0 Å². The van der Waals surface area contributed by atoms with Crippen molar-refractivity contribution in [1.29, 1.82) is 0 Å². The minimum Gasteiger partial charge on any atom is -0.348 e. The zero-order valence-electron chi connectivity index (χ0n) is 15.5. The van der Waals surface area contributed by atoms with E-state index in [0.29, 0.717) is 17.8 Å². The number of halogens is 1. The molecule has 0 bridgehead atoms. The van der Waals surface area contributed by atoms with Gasteiger partial charge in [0.2, 0.25) is 5.91 Å². The maximum atomic E-state index is 12.5. The number of rotatable bonds is 8. The number of carbonyl (C=O) groups is 2. The molecule has 3 rings (SSSR count). The summed E-state index contributed by atoms with van der Waals surface area (Å²) in [5.41, 5.74) is 3.22. The van der Waals surface area contributed by atoms with Gasteiger partial charge in [-0.1, -0.05) is 42.0 Å². The molecule has 0 heterocycles. The Kier molecular flexibility index (Phi) is 7.82. The Morgan fingerprint density at radius 2 is 1.74 bits per heavy atom. The summed E-state index contributed by atoms with van der Waals surface area (Å²) in [5.74, 6) is 0.388. The molecule has 5 nitrogen and oxygen atoms in total. The summed E-state index contributed by atoms with van der Waals surface area (Å²) < 4.78 is 0. The summed E-state index contributed by atoms with van der Waals surface area (Å²) in [6.45, 7) is 3.62. The molecule has 0 saturated heterocycles. The van der Waals surface area contributed by atoms with Crippen molar-refractivity contribution < 1.29 is 9.59 Å². The third-order valence-electron chi connectivity index (χ3n) is 4.43. The third-order valence-corrected chi connectivity index (χ3v) is 4.43. The highest BCUT2D eigenvalue weighted by Gasteiger charge is 2.20. The number of carbonyl (C=O) groups excluding carboxylic acids is 2. The van der Waals surface area contributed by atoms with E-state index in [1.165, 1.54) is 18.4 Å². The van der Waals surface area contributed by atoms with E-state index in [0.717, 1.165) is 18.0 Å². The van der Waals surface area contributed by atoms with Crippen LogP contribution in [-0.2, 0) is 11.3 Å². The predicted molar refractivity (Wildman–Crippen MR) is 110 cm³/mol. The Labute approximate surface area is 166 Å². The molecule has 0 spiro atoms. The van der Waals surface area contributed by atoms with E-state index in [1.807, 2.05) is 37.3 Å². The summed E-state index contributed by atoms with van der Waals surface area (Å²) in [7, 11) is 0. The van der Waals surface area contributed by atoms with Gasteiger partial charge in [0, 0.05) is 6.54 Å². The van der Waals surface area contributed by atoms with Crippen molar-refractivity contribution in [2.24, 2.45) is 5.92 Å². The van der Waals surface area contributed by atoms with Crippen LogP contribution >= 0.6 is 12.4 Å². The second kappa shape index (κ2) is 10.1. The Balaban J connectivity index is 0.00000261. The first kappa shape index (κ1) is 20.9. The van der Waals surface area contributed by atoms with Gasteiger partial charge >= 0.3 is 0 Å². The molecule has 27 heavy (non-hydrogen) atoms. The topological polar surface area (TPSA) is 70.2 Å². The molecule has 0 atom stereocenters. The SMILES string of the molecule is Cc1ccc(CNC(=O)c2ccccc2NC(=O)CNCC2CC2)cc1.Cl. The summed E-state index contributed by atoms with van der Waals surface area (Å²) >= 11 is 0. The van der Waals surface area contributed by atoms with Gasteiger partial charge in [-0.25, -0.2) is 0 Å². The van der Waals surface area contributed by atoms with Gasteiger partial charge in [0.05, 0.1) is 17.8 Å². The third kappa shape index (κ3) is 6.70. The highest BCUT2D eigenvalue weighted by atomic mass is 35.5. The van der Waals surface area contributed by atoms with Crippen LogP contribution in [-0.4, -0.2) is 24.9 Å². The van der Waals surface area contributed by atoms with Crippen LogP contribution in [0.4, 0.5) is 5.69 Å². The number of hydrogen-bond donors (Lipinski definition) is 3. The molecule has 1 saturated carbocycles. The molecular formula is C21H26ClN3O2. The molecule has 144 valence electrons. The number of anilines is 1. The number of nitrogens with one attached hydrogen (secondary N) is 3. The molecule has 0 radical (unpaired) electrons. The molecule has 2 aromatic carbocycles. The van der Waals surface area contributed by atoms with Crippen molar-refractivity contribution in [2.75, 3.05) is 18.4 Å². The Hall–Kier alpha value is -2.37. The van der Waals surface area contributed by atoms with Crippen LogP contribution in [0.3, 0.4) is 0 Å². The zero-order valence-corrected chi connectivity index (χ0v) is 16.3. The molecule has 3 N–H and O–H groups in total. The van der Waals surface area contributed by atoms with E-state index in [4.69, 9.17) is 0 Å². The summed E-state index contributed by atoms with van der Waals surface area (Å²) in [5, 5.41) is 8.89. The van der Waals surface area contributed by atoms with Gasteiger partial charge in [0.1, 0.15) is 0 Å². The monoisotopic (exact) mass is 387 g/mol. The van der Waals surface area contributed by atoms with E-state index >= 15 is 0 Å². The molecule has 1 aliphatic carbocycles. The summed E-state index contributed by atoms with van der Waals surface area (Å²) in [6.07, 6.45) is 2.50. The van der Waals surface area contributed by atoms with Gasteiger partial charge in [-0.15, -0.1) is 12.4 Å². The molecule has 0 aromatic heterocycles. The van der Waals surface area contributed by atoms with E-state index in [1.54, 1.807) is 18.2 Å². The van der Waals surface area contributed by atoms with E-state index in [-0.39, 0.29) is 30.8 Å². The van der Waals surface area contributed by atoms with Gasteiger partial charge in [-0.05, 0) is 49.9 Å². The van der Waals surface area contributed by atoms with Gasteiger partial charge in [-0.3, -0.25) is 9.59 Å². The average molecular weight is 388 g/mol. The minimum atomic E-state index is -0.201. The van der Waals surface area contributed by atoms with Crippen LogP contribution in [0.25, 0.3) is 0 Å². The first-order valence-corrected chi connectivity index (χ1v) is 9.05. The number of aryl methyl sites for hydroxylation is 1. The maximum Gasteiger partial charge on any atom is 0.253 e. The maximum absolute atomic E-state index is 12.5. The summed E-state index contributed by atoms with van der Waals surface area (Å²) in [4.78, 5) is 24.6. The minimum absolute atomic E-state index is 0. The highest BCUT2D eigenvalue weighted by Crippen LogP contribution is 2.27. The molecule has 2 aromatic rings. The highest BCUT2D eigenvalue weighted by molar-refractivity contribution is 6.04. The van der Waals surface area contributed by atoms with Crippen LogP contribution < -0.4 is 16.0 Å². The molecule has 0 unspecified atom stereocenters. The van der Waals surface area contributed by atoms with Crippen molar-refractivity contribution in [3.63, 3.8) is 0 Å². The second-order valence-corrected chi connectivity index (χ2v) is 6.84. The van der Waals surface area contributed by atoms with Crippen LogP contribution in [0, 0.1) is 12.8 Å². The Morgan fingerprint density at radius 3 is 2.44 bits per heavy atom. The number of hydrogen-bond acceptors (Lipinski definition) is 3. The predicted octanol–water partition coefficient (Wildman–Crippen LogP) is 3.28. The van der Waals surface area contributed by atoms with Crippen molar-refractivity contribution in [3.05, 3.63) is 65.2 Å². The molecule has 6 heteroatoms. The Morgan fingerprint density at radius 1 is 1.04 bits per heavy atom. The molecule has 0 aliphatic heterocycles. The van der Waals surface area contributed by atoms with Crippen molar-refractivity contribution in [3.8, 4) is 0 Å². The van der Waals surface area contributed by atoms with Crippen molar-refractivity contribution >= 4 is 29.9 Å². The van der Waals surface area contributed by atoms with Crippen LogP contribution in [0.15, 0.2) is 48.5 Å². The normalized spacial score (nSPS) is 12.8. The molecule has 1 aliphatic rings. The van der Waals surface area contributed by atoms with Crippen LogP contribution in [0.5, 0.6) is 0 Å². The van der Waals surface area contributed by atoms with Crippen molar-refractivity contribution in [2.45, 2.75) is 26.3 Å². The largest absolute Gasteiger partial charge is 0.348 e. The lowest BCUT2D eigenvalue weighted by molar-refractivity contribution is -0.115. The number of para-hydroxylation sites is 1. The fraction of sp³-hybridized carbons (Fsp3) is 0.333. The average Bonchev–Trinajstić information content (AvgIpc) is 3.46. The van der Waals surface area contributed by atoms with Crippen LogP contribution in [0.1, 0.15) is 34.3 Å². The molecular weight excluding hydrogens is 362 g/mol. The molecule has 1 fully saturated rings. The summed E-state index contributed by atoms with van der Waals surface area (Å²) in [6, 6.07) is 15.1. The quantitative estimate of drug-likeness (QED) is 0.651. The van der Waals surface area contributed by atoms with Gasteiger partial charge in [-0.2, -0.15) is 0 Å². The van der Waals surface area contributed by atoms with E-state index in [9.17, 15) is 9.59 Å². The zero-order chi connectivity index (χ0) is 18.4. The fourth-order valence-electron chi connectivity index (χ4n) is 2.68. The molecule has 2 amide bonds. The van der Waals surface area contributed by atoms with Crippen LogP contribution in [0.2, 0.25) is 0 Å². The number of amides is 2. The standard InChI is InChI=1S/C21H25N3O2.ClH/c1-15-6-8-17(9-7-15)13-23-21(26)18-4-2-3-5-19(18)24-20(25)14-22-12-16-10-11-16;/h2-9,16,22H,10-14H2,1H3,(H,23,26)(H,24,25);1H. The lowest BCUT2D eigenvalue weighted by Gasteiger charge is -2.12. The first-order chi connectivity index (χ1) is 12.6. The first-order valence-electron chi connectivity index (χ1n) is 9.05. The van der Waals surface area contributed by atoms with E-state index in [2.05, 4.69) is 16.0 Å². The number of benzene rings is 2. The lowest BCUT2D eigenvalue weighted by Crippen LogP contribution is -2.30. The lowest BCUT2D eigenvalue weighted by atomic mass is 10.1. The van der Waals surface area contributed by atoms with Gasteiger partial charge < -0.3 is 16.0 Å². The smallest absolute Gasteiger partial charge is 0.253 e. The second-order valence-electron chi connectivity index (χ2n) is 6.84. The van der Waals surface area contributed by atoms with Crippen molar-refractivity contribution in [1.82, 2.24) is 10.6 Å². The Bertz CT molecular complexity index is 773. The van der Waals surface area contributed by atoms with Gasteiger partial charge in [0.25, 0.3) is 5.91 Å².